The third-order valence-electron chi connectivity index (χ3n) is 6.21. The normalized spacial score (nSPS) is 17.1. The first kappa shape index (κ1) is 24.3. The smallest absolute Gasteiger partial charge is 0.350 e. The molecule has 1 saturated heterocycles. The molecule has 10 nitrogen and oxygen atoms in total. The SMILES string of the molecule is CCOC(=O)c1sc(N2C(=O)C(=O)/C(=C(/O)c3nc4c(C)cccn4c3C)C2c2cccnc2)nc1C. The van der Waals surface area contributed by atoms with E-state index in [0.29, 0.717) is 22.6 Å². The number of hydrogen-bond donors (Lipinski definition) is 1. The number of ether oxygens (including phenoxy) is 1. The van der Waals surface area contributed by atoms with Crippen LogP contribution in [-0.2, 0) is 14.3 Å². The van der Waals surface area contributed by atoms with Gasteiger partial charge < -0.3 is 14.2 Å². The number of nitrogens with zero attached hydrogens (tertiary/aromatic N) is 5. The number of Topliss-reactive ketones (excluding diaryl/α,β-unsaturated/α-hetero) is 1. The molecule has 5 heterocycles. The number of anilines is 1. The lowest BCUT2D eigenvalue weighted by molar-refractivity contribution is -0.132. The molecular formula is C26H23N5O5S. The van der Waals surface area contributed by atoms with Crippen LogP contribution >= 0.6 is 11.3 Å². The summed E-state index contributed by atoms with van der Waals surface area (Å²) in [5.41, 5.74) is 3.06. The summed E-state index contributed by atoms with van der Waals surface area (Å²) in [6.07, 6.45) is 4.90. The van der Waals surface area contributed by atoms with Gasteiger partial charge in [-0.2, -0.15) is 0 Å². The third kappa shape index (κ3) is 3.87. The summed E-state index contributed by atoms with van der Waals surface area (Å²) in [4.78, 5) is 53.8. The number of ketones is 1. The number of carbonyl (C=O) groups excluding carboxylic acids is 3. The summed E-state index contributed by atoms with van der Waals surface area (Å²) < 4.78 is 6.92. The van der Waals surface area contributed by atoms with E-state index >= 15 is 0 Å². The minimum Gasteiger partial charge on any atom is -0.505 e. The van der Waals surface area contributed by atoms with E-state index in [-0.39, 0.29) is 27.9 Å². The summed E-state index contributed by atoms with van der Waals surface area (Å²) in [5.74, 6) is -2.72. The summed E-state index contributed by atoms with van der Waals surface area (Å²) in [6.45, 7) is 7.18. The van der Waals surface area contributed by atoms with E-state index in [4.69, 9.17) is 4.74 Å². The van der Waals surface area contributed by atoms with Crippen molar-refractivity contribution in [2.45, 2.75) is 33.7 Å². The molecule has 5 rings (SSSR count). The topological polar surface area (TPSA) is 127 Å². The number of hydrogen-bond acceptors (Lipinski definition) is 9. The highest BCUT2D eigenvalue weighted by molar-refractivity contribution is 7.17. The average Bonchev–Trinajstić information content (AvgIpc) is 3.52. The molecular weight excluding hydrogens is 494 g/mol. The number of amides is 1. The monoisotopic (exact) mass is 517 g/mol. The fourth-order valence-electron chi connectivity index (χ4n) is 4.43. The van der Waals surface area contributed by atoms with Crippen LogP contribution in [-0.4, -0.2) is 48.7 Å². The minimum atomic E-state index is -1.03. The number of esters is 1. The molecule has 11 heteroatoms. The van der Waals surface area contributed by atoms with Gasteiger partial charge in [-0.15, -0.1) is 0 Å². The molecule has 4 aromatic heterocycles. The summed E-state index contributed by atoms with van der Waals surface area (Å²) in [5, 5.41) is 11.6. The molecule has 1 amide bonds. The summed E-state index contributed by atoms with van der Waals surface area (Å²) in [6, 6.07) is 6.11. The van der Waals surface area contributed by atoms with Crippen molar-refractivity contribution in [3.63, 3.8) is 0 Å². The average molecular weight is 518 g/mol. The van der Waals surface area contributed by atoms with Crippen molar-refractivity contribution in [3.8, 4) is 0 Å². The maximum Gasteiger partial charge on any atom is 0.350 e. The van der Waals surface area contributed by atoms with E-state index in [1.807, 2.05) is 29.7 Å². The number of aliphatic hydroxyl groups is 1. The van der Waals surface area contributed by atoms with Gasteiger partial charge in [-0.3, -0.25) is 19.5 Å². The fraction of sp³-hybridized carbons (Fsp3) is 0.231. The van der Waals surface area contributed by atoms with Gasteiger partial charge in [-0.1, -0.05) is 23.5 Å². The molecule has 0 saturated carbocycles. The second-order valence-corrected chi connectivity index (χ2v) is 9.50. The standard InChI is InChI=1S/C26H23N5O5S/c1-5-36-25(35)22-14(3)28-26(37-22)31-19(16-9-6-10-27-12-16)17(21(33)24(31)34)20(32)18-15(4)30-11-7-8-13(2)23(30)29-18/h6-12,19,32H,5H2,1-4H3/b20-17+. The quantitative estimate of drug-likeness (QED) is 0.183. The lowest BCUT2D eigenvalue weighted by atomic mass is 9.97. The van der Waals surface area contributed by atoms with E-state index in [0.717, 1.165) is 16.9 Å². The van der Waals surface area contributed by atoms with Gasteiger partial charge in [0.25, 0.3) is 5.78 Å². The van der Waals surface area contributed by atoms with Crippen LogP contribution in [0.1, 0.15) is 50.8 Å². The number of imidazole rings is 1. The van der Waals surface area contributed by atoms with Crippen molar-refractivity contribution >= 4 is 45.5 Å². The highest BCUT2D eigenvalue weighted by Gasteiger charge is 2.49. The Morgan fingerprint density at radius 1 is 1.16 bits per heavy atom. The first-order valence-electron chi connectivity index (χ1n) is 11.5. The zero-order chi connectivity index (χ0) is 26.4. The molecule has 1 aliphatic rings. The van der Waals surface area contributed by atoms with Gasteiger partial charge in [-0.05, 0) is 51.0 Å². The number of fused-ring (bicyclic) bond motifs is 1. The fourth-order valence-corrected chi connectivity index (χ4v) is 5.42. The van der Waals surface area contributed by atoms with Gasteiger partial charge in [0.2, 0.25) is 0 Å². The molecule has 1 unspecified atom stereocenters. The third-order valence-corrected chi connectivity index (χ3v) is 7.34. The number of carbonyl (C=O) groups is 3. The Labute approximate surface area is 215 Å². The van der Waals surface area contributed by atoms with Crippen molar-refractivity contribution in [3.05, 3.63) is 81.5 Å². The van der Waals surface area contributed by atoms with Crippen LogP contribution in [0.15, 0.2) is 48.4 Å². The zero-order valence-electron chi connectivity index (χ0n) is 20.6. The van der Waals surface area contributed by atoms with Gasteiger partial charge in [0, 0.05) is 18.6 Å². The molecule has 188 valence electrons. The Bertz CT molecular complexity index is 1600. The van der Waals surface area contributed by atoms with Gasteiger partial charge in [-0.25, -0.2) is 14.8 Å². The summed E-state index contributed by atoms with van der Waals surface area (Å²) >= 11 is 0.950. The first-order chi connectivity index (χ1) is 17.7. The van der Waals surface area contributed by atoms with Crippen molar-refractivity contribution in [1.82, 2.24) is 19.4 Å². The van der Waals surface area contributed by atoms with Crippen LogP contribution in [0.2, 0.25) is 0 Å². The Balaban J connectivity index is 1.72. The molecule has 4 aromatic rings. The van der Waals surface area contributed by atoms with Crippen LogP contribution in [0, 0.1) is 20.8 Å². The van der Waals surface area contributed by atoms with Crippen LogP contribution in [0.5, 0.6) is 0 Å². The molecule has 0 radical (unpaired) electrons. The molecule has 37 heavy (non-hydrogen) atoms. The predicted molar refractivity (Wildman–Crippen MR) is 136 cm³/mol. The highest BCUT2D eigenvalue weighted by atomic mass is 32.1. The molecule has 1 fully saturated rings. The van der Waals surface area contributed by atoms with Crippen LogP contribution in [0.25, 0.3) is 11.4 Å². The van der Waals surface area contributed by atoms with Crippen molar-refractivity contribution in [1.29, 1.82) is 0 Å². The van der Waals surface area contributed by atoms with E-state index in [2.05, 4.69) is 15.0 Å². The minimum absolute atomic E-state index is 0.132. The van der Waals surface area contributed by atoms with E-state index in [9.17, 15) is 19.5 Å². The number of aromatic nitrogens is 4. The zero-order valence-corrected chi connectivity index (χ0v) is 21.4. The lowest BCUT2D eigenvalue weighted by Crippen LogP contribution is -2.29. The Morgan fingerprint density at radius 2 is 1.95 bits per heavy atom. The maximum atomic E-state index is 13.4. The van der Waals surface area contributed by atoms with Crippen molar-refractivity contribution in [2.24, 2.45) is 0 Å². The Kier molecular flexibility index (Phi) is 6.08. The highest BCUT2D eigenvalue weighted by Crippen LogP contribution is 2.44. The van der Waals surface area contributed by atoms with Gasteiger partial charge in [0.15, 0.2) is 10.9 Å². The number of rotatable bonds is 5. The molecule has 1 N–H and O–H groups in total. The van der Waals surface area contributed by atoms with E-state index in [1.165, 1.54) is 11.1 Å². The van der Waals surface area contributed by atoms with Crippen molar-refractivity contribution < 1.29 is 24.2 Å². The molecule has 1 aliphatic heterocycles. The van der Waals surface area contributed by atoms with Gasteiger partial charge in [0.05, 0.1) is 29.6 Å². The van der Waals surface area contributed by atoms with E-state index < -0.39 is 29.5 Å². The Hall–Kier alpha value is -4.38. The largest absolute Gasteiger partial charge is 0.505 e. The Morgan fingerprint density at radius 3 is 2.62 bits per heavy atom. The number of pyridine rings is 2. The number of thiazole rings is 1. The molecule has 0 aromatic carbocycles. The maximum absolute atomic E-state index is 13.4. The van der Waals surface area contributed by atoms with Crippen molar-refractivity contribution in [2.75, 3.05) is 11.5 Å². The number of aryl methyl sites for hydroxylation is 3. The molecule has 0 spiro atoms. The first-order valence-corrected chi connectivity index (χ1v) is 12.4. The molecule has 0 aliphatic carbocycles. The summed E-state index contributed by atoms with van der Waals surface area (Å²) in [7, 11) is 0. The second kappa shape index (κ2) is 9.25. The van der Waals surface area contributed by atoms with E-state index in [1.54, 1.807) is 39.1 Å². The van der Waals surface area contributed by atoms with Crippen LogP contribution < -0.4 is 4.90 Å². The predicted octanol–water partition coefficient (Wildman–Crippen LogP) is 3.91. The lowest BCUT2D eigenvalue weighted by Gasteiger charge is -2.22. The van der Waals surface area contributed by atoms with Gasteiger partial charge in [0.1, 0.15) is 16.2 Å². The van der Waals surface area contributed by atoms with Crippen LogP contribution in [0.3, 0.4) is 0 Å². The van der Waals surface area contributed by atoms with Crippen LogP contribution in [0.4, 0.5) is 5.13 Å². The van der Waals surface area contributed by atoms with Gasteiger partial charge >= 0.3 is 11.9 Å². The number of aliphatic hydroxyl groups excluding tert-OH is 1. The molecule has 0 bridgehead atoms. The second-order valence-electron chi connectivity index (χ2n) is 8.52. The molecule has 1 atom stereocenters.